The molecule has 7 heteroatoms. The van der Waals surface area contributed by atoms with Gasteiger partial charge in [0.2, 0.25) is 0 Å². The molecule has 0 aliphatic rings. The van der Waals surface area contributed by atoms with Gasteiger partial charge in [-0.05, 0) is 41.5 Å². The highest BCUT2D eigenvalue weighted by Crippen LogP contribution is 2.23. The Morgan fingerprint density at radius 1 is 1.30 bits per heavy atom. The van der Waals surface area contributed by atoms with Crippen LogP contribution in [0.2, 0.25) is 0 Å². The van der Waals surface area contributed by atoms with Gasteiger partial charge in [-0.15, -0.1) is 0 Å². The molecule has 0 fully saturated rings. The van der Waals surface area contributed by atoms with Crippen LogP contribution in [0.4, 0.5) is 11.4 Å². The Morgan fingerprint density at radius 3 is 2.60 bits per heavy atom. The summed E-state index contributed by atoms with van der Waals surface area (Å²) in [5.74, 6) is -0.747. The van der Waals surface area contributed by atoms with Crippen LogP contribution in [0.5, 0.6) is 0 Å². The largest absolute Gasteiger partial charge is 0.481 e. The number of carbonyl (C=O) groups is 1. The molecular formula is C13H17IN2O4. The summed E-state index contributed by atoms with van der Waals surface area (Å²) in [4.78, 5) is 20.5. The van der Waals surface area contributed by atoms with Gasteiger partial charge in [0.15, 0.2) is 0 Å². The van der Waals surface area contributed by atoms with Crippen LogP contribution in [0.3, 0.4) is 0 Å². The number of rotatable bonds is 9. The number of nitrogens with zero attached hydrogens (tertiary/aromatic N) is 1. The monoisotopic (exact) mass is 392 g/mol. The average molecular weight is 392 g/mol. The highest BCUT2D eigenvalue weighted by molar-refractivity contribution is 14.1. The molecule has 0 unspecified atom stereocenters. The fourth-order valence-corrected chi connectivity index (χ4v) is 2.43. The van der Waals surface area contributed by atoms with E-state index < -0.39 is 10.9 Å². The summed E-state index contributed by atoms with van der Waals surface area (Å²) in [6, 6.07) is 4.73. The molecule has 0 aliphatic carbocycles. The molecule has 20 heavy (non-hydrogen) atoms. The Balaban J connectivity index is 2.25. The van der Waals surface area contributed by atoms with Crippen molar-refractivity contribution in [1.82, 2.24) is 0 Å². The predicted octanol–water partition coefficient (Wildman–Crippen LogP) is 3.65. The van der Waals surface area contributed by atoms with Crippen molar-refractivity contribution in [3.05, 3.63) is 31.9 Å². The van der Waals surface area contributed by atoms with Crippen molar-refractivity contribution in [1.29, 1.82) is 0 Å². The summed E-state index contributed by atoms with van der Waals surface area (Å²) >= 11 is 2.07. The van der Waals surface area contributed by atoms with E-state index in [-0.39, 0.29) is 12.1 Å². The minimum atomic E-state index is -0.747. The van der Waals surface area contributed by atoms with E-state index in [1.807, 2.05) is 0 Å². The van der Waals surface area contributed by atoms with Crippen molar-refractivity contribution in [2.75, 3.05) is 11.9 Å². The first kappa shape index (κ1) is 16.7. The number of carboxylic acids is 1. The Bertz CT molecular complexity index is 479. The first-order valence-electron chi connectivity index (χ1n) is 6.40. The Labute approximate surface area is 130 Å². The van der Waals surface area contributed by atoms with E-state index in [1.165, 1.54) is 12.1 Å². The van der Waals surface area contributed by atoms with Crippen molar-refractivity contribution in [2.45, 2.75) is 32.1 Å². The number of unbranched alkanes of at least 4 members (excludes halogenated alkanes) is 3. The molecule has 0 radical (unpaired) electrons. The lowest BCUT2D eigenvalue weighted by Gasteiger charge is -2.08. The number of benzene rings is 1. The predicted molar refractivity (Wildman–Crippen MR) is 85.0 cm³/mol. The number of anilines is 1. The Kier molecular flexibility index (Phi) is 7.27. The number of aliphatic carboxylic acids is 1. The van der Waals surface area contributed by atoms with Gasteiger partial charge in [0.25, 0.3) is 5.69 Å². The van der Waals surface area contributed by atoms with E-state index in [9.17, 15) is 14.9 Å². The zero-order valence-electron chi connectivity index (χ0n) is 11.0. The van der Waals surface area contributed by atoms with Gasteiger partial charge in [0.1, 0.15) is 0 Å². The molecule has 0 heterocycles. The van der Waals surface area contributed by atoms with Gasteiger partial charge in [-0.25, -0.2) is 0 Å². The summed E-state index contributed by atoms with van der Waals surface area (Å²) < 4.78 is 0.822. The minimum Gasteiger partial charge on any atom is -0.481 e. The SMILES string of the molecule is O=C(O)CCCCCCNc1ccc([N+](=O)[O-])cc1I. The summed E-state index contributed by atoms with van der Waals surface area (Å²) in [6.45, 7) is 0.779. The summed E-state index contributed by atoms with van der Waals surface area (Å²) in [7, 11) is 0. The van der Waals surface area contributed by atoms with Gasteiger partial charge in [-0.2, -0.15) is 0 Å². The third-order valence-electron chi connectivity index (χ3n) is 2.80. The second-order valence-electron chi connectivity index (χ2n) is 4.41. The van der Waals surface area contributed by atoms with Crippen LogP contribution in [-0.4, -0.2) is 22.5 Å². The average Bonchev–Trinajstić information content (AvgIpc) is 2.38. The highest BCUT2D eigenvalue weighted by Gasteiger charge is 2.08. The van der Waals surface area contributed by atoms with E-state index in [0.29, 0.717) is 6.42 Å². The van der Waals surface area contributed by atoms with Crippen LogP contribution in [0.15, 0.2) is 18.2 Å². The molecule has 0 aromatic heterocycles. The van der Waals surface area contributed by atoms with Crippen LogP contribution in [0.1, 0.15) is 32.1 Å². The molecule has 0 saturated heterocycles. The number of non-ortho nitro benzene ring substituents is 1. The summed E-state index contributed by atoms with van der Waals surface area (Å²) in [5, 5.41) is 22.3. The van der Waals surface area contributed by atoms with E-state index >= 15 is 0 Å². The maximum absolute atomic E-state index is 10.6. The van der Waals surface area contributed by atoms with Crippen molar-refractivity contribution in [3.8, 4) is 0 Å². The van der Waals surface area contributed by atoms with Gasteiger partial charge >= 0.3 is 5.97 Å². The van der Waals surface area contributed by atoms with Crippen LogP contribution in [0, 0.1) is 13.7 Å². The maximum Gasteiger partial charge on any atom is 0.303 e. The van der Waals surface area contributed by atoms with Crippen molar-refractivity contribution < 1.29 is 14.8 Å². The van der Waals surface area contributed by atoms with Crippen molar-refractivity contribution in [2.24, 2.45) is 0 Å². The number of halogens is 1. The third-order valence-corrected chi connectivity index (χ3v) is 3.69. The number of nitrogens with one attached hydrogen (secondary N) is 1. The Morgan fingerprint density at radius 2 is 2.00 bits per heavy atom. The summed E-state index contributed by atoms with van der Waals surface area (Å²) in [6.07, 6.45) is 3.78. The standard InChI is InChI=1S/C13H17IN2O4/c14-11-9-10(16(19)20)6-7-12(11)15-8-4-2-1-3-5-13(17)18/h6-7,9,15H,1-5,8H2,(H,17,18). The van der Waals surface area contributed by atoms with E-state index in [4.69, 9.17) is 5.11 Å². The molecule has 0 spiro atoms. The minimum absolute atomic E-state index is 0.0913. The van der Waals surface area contributed by atoms with Gasteiger partial charge in [0.05, 0.1) is 4.92 Å². The van der Waals surface area contributed by atoms with Gasteiger partial charge in [0, 0.05) is 34.4 Å². The van der Waals surface area contributed by atoms with E-state index in [0.717, 1.165) is 35.1 Å². The second kappa shape index (κ2) is 8.72. The first-order valence-corrected chi connectivity index (χ1v) is 7.48. The number of hydrogen-bond acceptors (Lipinski definition) is 4. The summed E-state index contributed by atoms with van der Waals surface area (Å²) in [5.41, 5.74) is 0.982. The molecule has 2 N–H and O–H groups in total. The lowest BCUT2D eigenvalue weighted by Crippen LogP contribution is -2.03. The molecule has 1 aromatic carbocycles. The van der Waals surface area contributed by atoms with Crippen LogP contribution < -0.4 is 5.32 Å². The lowest BCUT2D eigenvalue weighted by molar-refractivity contribution is -0.384. The van der Waals surface area contributed by atoms with Crippen LogP contribution in [-0.2, 0) is 4.79 Å². The van der Waals surface area contributed by atoms with Gasteiger partial charge in [-0.1, -0.05) is 12.8 Å². The fourth-order valence-electron chi connectivity index (χ4n) is 1.74. The van der Waals surface area contributed by atoms with Crippen molar-refractivity contribution >= 4 is 39.9 Å². The van der Waals surface area contributed by atoms with Crippen LogP contribution >= 0.6 is 22.6 Å². The maximum atomic E-state index is 10.6. The number of hydrogen-bond donors (Lipinski definition) is 2. The number of nitro groups is 1. The molecule has 0 atom stereocenters. The van der Waals surface area contributed by atoms with Crippen molar-refractivity contribution in [3.63, 3.8) is 0 Å². The highest BCUT2D eigenvalue weighted by atomic mass is 127. The number of carboxylic acid groups (broad SMARTS) is 1. The quantitative estimate of drug-likeness (QED) is 0.290. The molecule has 1 aromatic rings. The van der Waals surface area contributed by atoms with Gasteiger partial charge < -0.3 is 10.4 Å². The molecular weight excluding hydrogens is 375 g/mol. The molecule has 0 bridgehead atoms. The van der Waals surface area contributed by atoms with E-state index in [2.05, 4.69) is 27.9 Å². The topological polar surface area (TPSA) is 92.5 Å². The van der Waals surface area contributed by atoms with Gasteiger partial charge in [-0.3, -0.25) is 14.9 Å². The van der Waals surface area contributed by atoms with E-state index in [1.54, 1.807) is 6.07 Å². The normalized spacial score (nSPS) is 10.2. The second-order valence-corrected chi connectivity index (χ2v) is 5.57. The number of nitro benzene ring substituents is 1. The molecule has 0 aliphatic heterocycles. The van der Waals surface area contributed by atoms with Crippen LogP contribution in [0.25, 0.3) is 0 Å². The first-order chi connectivity index (χ1) is 9.50. The molecule has 1 rings (SSSR count). The Hall–Kier alpha value is -1.38. The zero-order chi connectivity index (χ0) is 15.0. The third kappa shape index (κ3) is 6.18. The zero-order valence-corrected chi connectivity index (χ0v) is 13.1. The molecule has 6 nitrogen and oxygen atoms in total. The molecule has 110 valence electrons. The molecule has 0 saturated carbocycles. The fraction of sp³-hybridized carbons (Fsp3) is 0.462. The smallest absolute Gasteiger partial charge is 0.303 e. The lowest BCUT2D eigenvalue weighted by atomic mass is 10.1. The molecule has 0 amide bonds.